The fourth-order valence-electron chi connectivity index (χ4n) is 2.74. The molecule has 142 valence electrons. The molecule has 0 saturated heterocycles. The number of carbonyl (C=O) groups excluding carboxylic acids is 2. The van der Waals surface area contributed by atoms with E-state index in [1.807, 2.05) is 0 Å². The van der Waals surface area contributed by atoms with Crippen molar-refractivity contribution in [3.8, 4) is 5.75 Å². The summed E-state index contributed by atoms with van der Waals surface area (Å²) in [6.45, 7) is -0.180. The van der Waals surface area contributed by atoms with E-state index >= 15 is 0 Å². The summed E-state index contributed by atoms with van der Waals surface area (Å²) in [4.78, 5) is 27.4. The van der Waals surface area contributed by atoms with Gasteiger partial charge < -0.3 is 9.64 Å². The smallest absolute Gasteiger partial charge is 0.416 e. The molecule has 2 aromatic rings. The number of nitrogens with zero attached hydrogens (tertiary/aromatic N) is 2. The van der Waals surface area contributed by atoms with Crippen LogP contribution >= 0.6 is 0 Å². The van der Waals surface area contributed by atoms with E-state index in [0.29, 0.717) is 17.0 Å². The topological polar surface area (TPSA) is 49.9 Å². The Hall–Kier alpha value is -3.03. The standard InChI is InChI=1S/C19H17F3N2O3/c1-23(10-13-6-8-14(9-7-13)19(20,21)22)17(25)11-24-15-4-2-3-5-16(15)27-12-18(24)26/h2-9H,10-12H2,1H3. The molecule has 0 unspecified atom stereocenters. The average molecular weight is 378 g/mol. The maximum absolute atomic E-state index is 12.6. The molecule has 2 amide bonds. The van der Waals surface area contributed by atoms with E-state index in [9.17, 15) is 22.8 Å². The molecule has 2 aromatic carbocycles. The van der Waals surface area contributed by atoms with Gasteiger partial charge in [-0.3, -0.25) is 14.5 Å². The summed E-state index contributed by atoms with van der Waals surface area (Å²) in [5.74, 6) is -0.139. The minimum atomic E-state index is -4.40. The van der Waals surface area contributed by atoms with Gasteiger partial charge in [-0.25, -0.2) is 0 Å². The van der Waals surface area contributed by atoms with E-state index < -0.39 is 11.7 Å². The monoisotopic (exact) mass is 378 g/mol. The summed E-state index contributed by atoms with van der Waals surface area (Å²) in [7, 11) is 1.54. The van der Waals surface area contributed by atoms with E-state index in [0.717, 1.165) is 12.1 Å². The lowest BCUT2D eigenvalue weighted by molar-refractivity contribution is -0.137. The molecular formula is C19H17F3N2O3. The molecule has 5 nitrogen and oxygen atoms in total. The van der Waals surface area contributed by atoms with E-state index in [-0.39, 0.29) is 31.5 Å². The van der Waals surface area contributed by atoms with Gasteiger partial charge in [0, 0.05) is 13.6 Å². The van der Waals surface area contributed by atoms with Crippen LogP contribution in [0, 0.1) is 0 Å². The van der Waals surface area contributed by atoms with Crippen LogP contribution in [0.15, 0.2) is 48.5 Å². The summed E-state index contributed by atoms with van der Waals surface area (Å²) < 4.78 is 43.2. The van der Waals surface area contributed by atoms with Crippen LogP contribution in [-0.4, -0.2) is 36.9 Å². The Kier molecular flexibility index (Phi) is 5.07. The predicted molar refractivity (Wildman–Crippen MR) is 92.2 cm³/mol. The van der Waals surface area contributed by atoms with Crippen molar-refractivity contribution in [1.29, 1.82) is 0 Å². The van der Waals surface area contributed by atoms with Gasteiger partial charge >= 0.3 is 6.18 Å². The Morgan fingerprint density at radius 1 is 1.15 bits per heavy atom. The maximum Gasteiger partial charge on any atom is 0.416 e. The molecule has 0 bridgehead atoms. The van der Waals surface area contributed by atoms with Crippen molar-refractivity contribution >= 4 is 17.5 Å². The van der Waals surface area contributed by atoms with Crippen molar-refractivity contribution in [3.63, 3.8) is 0 Å². The molecule has 3 rings (SSSR count). The van der Waals surface area contributed by atoms with E-state index in [1.54, 1.807) is 24.3 Å². The number of anilines is 1. The summed E-state index contributed by atoms with van der Waals surface area (Å²) in [6, 6.07) is 11.5. The molecule has 27 heavy (non-hydrogen) atoms. The fourth-order valence-corrected chi connectivity index (χ4v) is 2.74. The lowest BCUT2D eigenvalue weighted by Gasteiger charge is -2.30. The average Bonchev–Trinajstić information content (AvgIpc) is 2.63. The molecule has 0 fully saturated rings. The summed E-state index contributed by atoms with van der Waals surface area (Å²) >= 11 is 0. The Morgan fingerprint density at radius 3 is 2.48 bits per heavy atom. The van der Waals surface area contributed by atoms with Crippen LogP contribution in [-0.2, 0) is 22.3 Å². The molecule has 0 atom stereocenters. The molecule has 0 aliphatic carbocycles. The second-order valence-electron chi connectivity index (χ2n) is 6.18. The van der Waals surface area contributed by atoms with Gasteiger partial charge in [-0.15, -0.1) is 0 Å². The number of benzene rings is 2. The number of hydrogen-bond acceptors (Lipinski definition) is 3. The van der Waals surface area contributed by atoms with E-state index in [4.69, 9.17) is 4.74 Å². The van der Waals surface area contributed by atoms with Gasteiger partial charge in [-0.1, -0.05) is 24.3 Å². The first-order valence-corrected chi connectivity index (χ1v) is 8.18. The second kappa shape index (κ2) is 7.30. The van der Waals surface area contributed by atoms with E-state index in [1.165, 1.54) is 29.0 Å². The van der Waals surface area contributed by atoms with Crippen molar-refractivity contribution in [1.82, 2.24) is 4.90 Å². The van der Waals surface area contributed by atoms with Gasteiger partial charge in [0.1, 0.15) is 12.3 Å². The zero-order valence-corrected chi connectivity index (χ0v) is 14.5. The number of ether oxygens (including phenoxy) is 1. The van der Waals surface area contributed by atoms with Crippen LogP contribution in [0.3, 0.4) is 0 Å². The van der Waals surface area contributed by atoms with Crippen LogP contribution in [0.4, 0.5) is 18.9 Å². The molecule has 0 radical (unpaired) electrons. The van der Waals surface area contributed by atoms with Gasteiger partial charge in [0.2, 0.25) is 5.91 Å². The highest BCUT2D eigenvalue weighted by atomic mass is 19.4. The summed E-state index contributed by atoms with van der Waals surface area (Å²) in [5, 5.41) is 0. The molecule has 8 heteroatoms. The third-order valence-electron chi connectivity index (χ3n) is 4.23. The van der Waals surface area contributed by atoms with Crippen molar-refractivity contribution in [3.05, 3.63) is 59.7 Å². The number of carbonyl (C=O) groups is 2. The molecule has 0 saturated carbocycles. The summed E-state index contributed by atoms with van der Waals surface area (Å²) in [6.07, 6.45) is -4.40. The Labute approximate surface area is 153 Å². The first-order valence-electron chi connectivity index (χ1n) is 8.18. The molecule has 1 heterocycles. The predicted octanol–water partition coefficient (Wildman–Crippen LogP) is 3.09. The number of amides is 2. The maximum atomic E-state index is 12.6. The Morgan fingerprint density at radius 2 is 1.81 bits per heavy atom. The number of para-hydroxylation sites is 2. The lowest BCUT2D eigenvalue weighted by Crippen LogP contribution is -2.45. The molecular weight excluding hydrogens is 361 g/mol. The number of fused-ring (bicyclic) bond motifs is 1. The van der Waals surface area contributed by atoms with Crippen LogP contribution in [0.25, 0.3) is 0 Å². The molecule has 0 N–H and O–H groups in total. The zero-order chi connectivity index (χ0) is 19.6. The van der Waals surface area contributed by atoms with Crippen molar-refractivity contribution < 1.29 is 27.5 Å². The zero-order valence-electron chi connectivity index (χ0n) is 14.5. The SMILES string of the molecule is CN(Cc1ccc(C(F)(F)F)cc1)C(=O)CN1C(=O)COc2ccccc21. The Bertz CT molecular complexity index is 850. The number of rotatable bonds is 4. The second-order valence-corrected chi connectivity index (χ2v) is 6.18. The highest BCUT2D eigenvalue weighted by molar-refractivity contribution is 6.02. The number of halogens is 3. The summed E-state index contributed by atoms with van der Waals surface area (Å²) in [5.41, 5.74) is 0.341. The first kappa shape index (κ1) is 18.8. The van der Waals surface area contributed by atoms with Crippen LogP contribution in [0.5, 0.6) is 5.75 Å². The molecule has 1 aliphatic rings. The van der Waals surface area contributed by atoms with Gasteiger partial charge in [-0.05, 0) is 29.8 Å². The third-order valence-corrected chi connectivity index (χ3v) is 4.23. The van der Waals surface area contributed by atoms with Crippen molar-refractivity contribution in [2.24, 2.45) is 0 Å². The minimum absolute atomic E-state index is 0.136. The van der Waals surface area contributed by atoms with Crippen LogP contribution in [0.1, 0.15) is 11.1 Å². The molecule has 0 spiro atoms. The largest absolute Gasteiger partial charge is 0.482 e. The highest BCUT2D eigenvalue weighted by Gasteiger charge is 2.30. The fraction of sp³-hybridized carbons (Fsp3) is 0.263. The van der Waals surface area contributed by atoms with Gasteiger partial charge in [0.05, 0.1) is 11.3 Å². The first-order chi connectivity index (χ1) is 12.8. The molecule has 1 aliphatic heterocycles. The molecule has 0 aromatic heterocycles. The lowest BCUT2D eigenvalue weighted by atomic mass is 10.1. The third kappa shape index (κ3) is 4.21. The van der Waals surface area contributed by atoms with Crippen LogP contribution < -0.4 is 9.64 Å². The van der Waals surface area contributed by atoms with Crippen LogP contribution in [0.2, 0.25) is 0 Å². The number of alkyl halides is 3. The highest BCUT2D eigenvalue weighted by Crippen LogP contribution is 2.31. The van der Waals surface area contributed by atoms with Crippen molar-refractivity contribution in [2.75, 3.05) is 25.1 Å². The minimum Gasteiger partial charge on any atom is -0.482 e. The Balaban J connectivity index is 1.67. The van der Waals surface area contributed by atoms with Gasteiger partial charge in [0.25, 0.3) is 5.91 Å². The normalized spacial score (nSPS) is 13.8. The van der Waals surface area contributed by atoms with Gasteiger partial charge in [0.15, 0.2) is 6.61 Å². The van der Waals surface area contributed by atoms with Gasteiger partial charge in [-0.2, -0.15) is 13.2 Å². The number of hydrogen-bond donors (Lipinski definition) is 0. The van der Waals surface area contributed by atoms with Crippen molar-refractivity contribution in [2.45, 2.75) is 12.7 Å². The van der Waals surface area contributed by atoms with E-state index in [2.05, 4.69) is 0 Å². The quantitative estimate of drug-likeness (QED) is 0.822. The number of likely N-dealkylation sites (N-methyl/N-ethyl adjacent to an activating group) is 1.